The number of phenols is 1. The van der Waals surface area contributed by atoms with E-state index in [0.717, 1.165) is 5.56 Å². The Hall–Kier alpha value is -3.01. The summed E-state index contributed by atoms with van der Waals surface area (Å²) in [6, 6.07) is 5.30. The van der Waals surface area contributed by atoms with E-state index >= 15 is 0 Å². The van der Waals surface area contributed by atoms with Gasteiger partial charge < -0.3 is 20.8 Å². The van der Waals surface area contributed by atoms with Crippen molar-refractivity contribution >= 4 is 17.6 Å². The number of carboxylic acids is 1. The number of aliphatic carboxylic acids is 1. The number of anilines is 1. The summed E-state index contributed by atoms with van der Waals surface area (Å²) >= 11 is 0. The summed E-state index contributed by atoms with van der Waals surface area (Å²) < 4.78 is 0. The van der Waals surface area contributed by atoms with Crippen LogP contribution in [0.4, 0.5) is 5.69 Å². The lowest BCUT2D eigenvalue weighted by molar-refractivity contribution is -0.141. The highest BCUT2D eigenvalue weighted by Gasteiger charge is 2.22. The van der Waals surface area contributed by atoms with Crippen molar-refractivity contribution in [2.24, 2.45) is 5.92 Å². The van der Waals surface area contributed by atoms with Crippen molar-refractivity contribution in [1.82, 2.24) is 5.32 Å². The molecular formula is C17H21N3O4. The molecule has 1 aromatic rings. The largest absolute Gasteiger partial charge is 0.508 e. The molecule has 0 aliphatic carbocycles. The first-order valence-corrected chi connectivity index (χ1v) is 7.44. The van der Waals surface area contributed by atoms with Crippen LogP contribution in [0, 0.1) is 24.2 Å². The van der Waals surface area contributed by atoms with Crippen LogP contribution in [0.25, 0.3) is 0 Å². The molecule has 0 radical (unpaired) electrons. The Labute approximate surface area is 140 Å². The molecule has 0 heterocycles. The molecule has 24 heavy (non-hydrogen) atoms. The number of hydrogen-bond donors (Lipinski definition) is 4. The molecule has 1 rings (SSSR count). The molecule has 0 spiro atoms. The molecule has 1 unspecified atom stereocenters. The summed E-state index contributed by atoms with van der Waals surface area (Å²) in [5.41, 5.74) is 1.11. The first kappa shape index (κ1) is 19.0. The highest BCUT2D eigenvalue weighted by atomic mass is 16.4. The van der Waals surface area contributed by atoms with Crippen LogP contribution >= 0.6 is 0 Å². The summed E-state index contributed by atoms with van der Waals surface area (Å²) in [5, 5.41) is 32.8. The van der Waals surface area contributed by atoms with E-state index in [4.69, 9.17) is 10.4 Å². The molecule has 128 valence electrons. The molecule has 0 bridgehead atoms. The van der Waals surface area contributed by atoms with E-state index in [0.29, 0.717) is 5.69 Å². The normalized spacial score (nSPS) is 12.4. The third kappa shape index (κ3) is 5.65. The summed E-state index contributed by atoms with van der Waals surface area (Å²) in [4.78, 5) is 23.3. The second kappa shape index (κ2) is 8.58. The van der Waals surface area contributed by atoms with Gasteiger partial charge in [-0.15, -0.1) is 0 Å². The second-order valence-electron chi connectivity index (χ2n) is 5.81. The maximum atomic E-state index is 12.1. The van der Waals surface area contributed by atoms with Crippen LogP contribution in [-0.4, -0.2) is 28.1 Å². The maximum absolute atomic E-state index is 12.1. The molecule has 1 amide bonds. The zero-order valence-corrected chi connectivity index (χ0v) is 13.8. The Kier molecular flexibility index (Phi) is 6.80. The number of nitrogens with zero attached hydrogens (tertiary/aromatic N) is 1. The Morgan fingerprint density at radius 3 is 2.54 bits per heavy atom. The molecule has 0 aromatic heterocycles. The number of amides is 1. The zero-order chi connectivity index (χ0) is 18.3. The molecule has 0 fully saturated rings. The van der Waals surface area contributed by atoms with Gasteiger partial charge in [-0.25, -0.2) is 4.79 Å². The van der Waals surface area contributed by atoms with Crippen LogP contribution in [0.2, 0.25) is 0 Å². The first-order valence-electron chi connectivity index (χ1n) is 7.44. The Balaban J connectivity index is 2.85. The summed E-state index contributed by atoms with van der Waals surface area (Å²) in [7, 11) is 0. The van der Waals surface area contributed by atoms with Gasteiger partial charge in [0.15, 0.2) is 0 Å². The Morgan fingerprint density at radius 2 is 2.04 bits per heavy atom. The van der Waals surface area contributed by atoms with Crippen LogP contribution in [0.15, 0.2) is 30.0 Å². The first-order chi connectivity index (χ1) is 11.2. The summed E-state index contributed by atoms with van der Waals surface area (Å²) in [6.45, 7) is 5.45. The average Bonchev–Trinajstić information content (AvgIpc) is 2.48. The van der Waals surface area contributed by atoms with E-state index in [9.17, 15) is 14.7 Å². The maximum Gasteiger partial charge on any atom is 0.326 e. The molecule has 0 saturated carbocycles. The predicted molar refractivity (Wildman–Crippen MR) is 89.2 cm³/mol. The van der Waals surface area contributed by atoms with Crippen LogP contribution < -0.4 is 10.6 Å². The molecule has 7 heteroatoms. The zero-order valence-electron chi connectivity index (χ0n) is 13.8. The number of aromatic hydroxyl groups is 1. The van der Waals surface area contributed by atoms with Crippen molar-refractivity contribution < 1.29 is 19.8 Å². The molecule has 1 aromatic carbocycles. The molecule has 1 atom stereocenters. The lowest BCUT2D eigenvalue weighted by Gasteiger charge is -2.16. The van der Waals surface area contributed by atoms with E-state index in [1.807, 2.05) is 13.8 Å². The third-order valence-electron chi connectivity index (χ3n) is 3.26. The van der Waals surface area contributed by atoms with Gasteiger partial charge in [0.2, 0.25) is 0 Å². The van der Waals surface area contributed by atoms with Gasteiger partial charge in [-0.3, -0.25) is 4.79 Å². The number of rotatable bonds is 7. The minimum Gasteiger partial charge on any atom is -0.508 e. The summed E-state index contributed by atoms with van der Waals surface area (Å²) in [6.07, 6.45) is 1.48. The highest BCUT2D eigenvalue weighted by molar-refractivity contribution is 5.99. The fourth-order valence-electron chi connectivity index (χ4n) is 2.04. The lowest BCUT2D eigenvalue weighted by Crippen LogP contribution is -2.42. The smallest absolute Gasteiger partial charge is 0.326 e. The molecule has 0 aliphatic heterocycles. The number of nitriles is 1. The van der Waals surface area contributed by atoms with Crippen molar-refractivity contribution in [3.8, 4) is 11.8 Å². The minimum absolute atomic E-state index is 0.0821. The number of benzene rings is 1. The fourth-order valence-corrected chi connectivity index (χ4v) is 2.04. The van der Waals surface area contributed by atoms with Gasteiger partial charge in [0.05, 0.1) is 0 Å². The Morgan fingerprint density at radius 1 is 1.38 bits per heavy atom. The van der Waals surface area contributed by atoms with Crippen molar-refractivity contribution in [1.29, 1.82) is 5.26 Å². The van der Waals surface area contributed by atoms with E-state index in [2.05, 4.69) is 10.6 Å². The van der Waals surface area contributed by atoms with Crippen LogP contribution in [0.5, 0.6) is 5.75 Å². The van der Waals surface area contributed by atoms with E-state index < -0.39 is 17.9 Å². The SMILES string of the molecule is Cc1cc(O)ccc1N/C=C(/C#N)C(=O)NC(CC(C)C)C(=O)O. The number of phenolic OH excluding ortho intramolecular Hbond substituents is 1. The quantitative estimate of drug-likeness (QED) is 0.345. The monoisotopic (exact) mass is 331 g/mol. The van der Waals surface area contributed by atoms with Gasteiger partial charge in [-0.1, -0.05) is 13.8 Å². The van der Waals surface area contributed by atoms with E-state index in [-0.39, 0.29) is 23.7 Å². The Bertz CT molecular complexity index is 690. The van der Waals surface area contributed by atoms with Crippen molar-refractivity contribution in [3.63, 3.8) is 0 Å². The predicted octanol–water partition coefficient (Wildman–Crippen LogP) is 2.14. The number of carboxylic acid groups (broad SMARTS) is 1. The van der Waals surface area contributed by atoms with Crippen molar-refractivity contribution in [2.75, 3.05) is 5.32 Å². The fraction of sp³-hybridized carbons (Fsp3) is 0.353. The van der Waals surface area contributed by atoms with E-state index in [1.165, 1.54) is 18.3 Å². The van der Waals surface area contributed by atoms with Gasteiger partial charge in [-0.05, 0) is 43.0 Å². The molecule has 7 nitrogen and oxygen atoms in total. The highest BCUT2D eigenvalue weighted by Crippen LogP contribution is 2.20. The van der Waals surface area contributed by atoms with Gasteiger partial charge in [0, 0.05) is 11.9 Å². The van der Waals surface area contributed by atoms with Gasteiger partial charge >= 0.3 is 5.97 Å². The minimum atomic E-state index is -1.14. The number of hydrogen-bond acceptors (Lipinski definition) is 5. The topological polar surface area (TPSA) is 122 Å². The number of carbonyl (C=O) groups is 2. The van der Waals surface area contributed by atoms with Gasteiger partial charge in [0.25, 0.3) is 5.91 Å². The molecule has 4 N–H and O–H groups in total. The van der Waals surface area contributed by atoms with Gasteiger partial charge in [0.1, 0.15) is 23.4 Å². The van der Waals surface area contributed by atoms with Gasteiger partial charge in [-0.2, -0.15) is 5.26 Å². The average molecular weight is 331 g/mol. The second-order valence-corrected chi connectivity index (χ2v) is 5.81. The van der Waals surface area contributed by atoms with Crippen LogP contribution in [0.1, 0.15) is 25.8 Å². The standard InChI is InChI=1S/C17H21N3O4/c1-10(2)6-15(17(23)24)20-16(22)12(8-18)9-19-14-5-4-13(21)7-11(14)3/h4-5,7,9-10,15,19,21H,6H2,1-3H3,(H,20,22)(H,23,24)/b12-9-. The molecule has 0 saturated heterocycles. The number of aryl methyl sites for hydroxylation is 1. The summed E-state index contributed by atoms with van der Waals surface area (Å²) in [5.74, 6) is -1.71. The number of carbonyl (C=O) groups excluding carboxylic acids is 1. The molecular weight excluding hydrogens is 310 g/mol. The van der Waals surface area contributed by atoms with Crippen LogP contribution in [0.3, 0.4) is 0 Å². The van der Waals surface area contributed by atoms with E-state index in [1.54, 1.807) is 19.1 Å². The van der Waals surface area contributed by atoms with Crippen molar-refractivity contribution in [3.05, 3.63) is 35.5 Å². The molecule has 0 aliphatic rings. The van der Waals surface area contributed by atoms with Crippen LogP contribution in [-0.2, 0) is 9.59 Å². The van der Waals surface area contributed by atoms with Crippen molar-refractivity contribution in [2.45, 2.75) is 33.2 Å². The number of nitrogens with one attached hydrogen (secondary N) is 2. The third-order valence-corrected chi connectivity index (χ3v) is 3.26. The lowest BCUT2D eigenvalue weighted by atomic mass is 10.0.